The quantitative estimate of drug-likeness (QED) is 0.416. The highest BCUT2D eigenvalue weighted by Gasteiger charge is 2.34. The Morgan fingerprint density at radius 2 is 1.81 bits per heavy atom. The van der Waals surface area contributed by atoms with Crippen LogP contribution >= 0.6 is 11.8 Å². The number of carbonyl (C=O) groups is 2. The van der Waals surface area contributed by atoms with Gasteiger partial charge in [0.15, 0.2) is 0 Å². The molecule has 1 aliphatic heterocycles. The van der Waals surface area contributed by atoms with E-state index < -0.39 is 0 Å². The summed E-state index contributed by atoms with van der Waals surface area (Å²) in [4.78, 5) is 26.9. The van der Waals surface area contributed by atoms with Gasteiger partial charge in [-0.1, -0.05) is 57.2 Å². The van der Waals surface area contributed by atoms with Crippen LogP contribution in [0.2, 0.25) is 0 Å². The van der Waals surface area contributed by atoms with Gasteiger partial charge in [0.05, 0.1) is 5.75 Å². The van der Waals surface area contributed by atoms with Crippen LogP contribution in [0.15, 0.2) is 42.5 Å². The molecule has 0 aliphatic carbocycles. The first kappa shape index (κ1) is 23.4. The molecule has 1 atom stereocenters. The maximum atomic E-state index is 12.7. The zero-order valence-corrected chi connectivity index (χ0v) is 19.8. The number of anilines is 2. The summed E-state index contributed by atoms with van der Waals surface area (Å²) >= 11 is 1.63. The van der Waals surface area contributed by atoms with E-state index in [2.05, 4.69) is 38.2 Å². The number of benzene rings is 2. The minimum absolute atomic E-state index is 0.0637. The molecule has 1 aliphatic rings. The first-order valence-corrected chi connectivity index (χ1v) is 12.4. The van der Waals surface area contributed by atoms with Crippen LogP contribution in [0.25, 0.3) is 0 Å². The van der Waals surface area contributed by atoms with Gasteiger partial charge in [-0.25, -0.2) is 0 Å². The summed E-state index contributed by atoms with van der Waals surface area (Å²) in [5, 5.41) is 2.96. The van der Waals surface area contributed by atoms with Crippen molar-refractivity contribution in [2.24, 2.45) is 0 Å². The zero-order chi connectivity index (χ0) is 22.2. The summed E-state index contributed by atoms with van der Waals surface area (Å²) in [5.41, 5.74) is 5.16. The van der Waals surface area contributed by atoms with Gasteiger partial charge in [-0.2, -0.15) is 0 Å². The van der Waals surface area contributed by atoms with E-state index in [1.54, 1.807) is 11.8 Å². The van der Waals surface area contributed by atoms with Gasteiger partial charge in [0.25, 0.3) is 0 Å². The lowest BCUT2D eigenvalue weighted by Crippen LogP contribution is -2.28. The molecule has 0 radical (unpaired) electrons. The van der Waals surface area contributed by atoms with Crippen molar-refractivity contribution in [1.82, 2.24) is 0 Å². The number of aryl methyl sites for hydroxylation is 2. The van der Waals surface area contributed by atoms with Gasteiger partial charge < -0.3 is 5.32 Å². The summed E-state index contributed by atoms with van der Waals surface area (Å²) in [7, 11) is 0. The van der Waals surface area contributed by atoms with Crippen molar-refractivity contribution in [3.05, 3.63) is 59.2 Å². The van der Waals surface area contributed by atoms with Crippen LogP contribution in [0, 0.1) is 13.8 Å². The van der Waals surface area contributed by atoms with Crippen LogP contribution in [0.4, 0.5) is 11.4 Å². The Balaban J connectivity index is 1.64. The van der Waals surface area contributed by atoms with E-state index in [4.69, 9.17) is 0 Å². The van der Waals surface area contributed by atoms with Crippen molar-refractivity contribution in [2.75, 3.05) is 16.0 Å². The molecular formula is C26H34N2O2S. The molecule has 5 heteroatoms. The molecule has 0 bridgehead atoms. The largest absolute Gasteiger partial charge is 0.326 e. The average molecular weight is 439 g/mol. The van der Waals surface area contributed by atoms with Gasteiger partial charge in [0.2, 0.25) is 11.8 Å². The van der Waals surface area contributed by atoms with Crippen LogP contribution in [-0.2, 0) is 9.59 Å². The molecule has 1 N–H and O–H groups in total. The van der Waals surface area contributed by atoms with Crippen molar-refractivity contribution < 1.29 is 9.59 Å². The Morgan fingerprint density at radius 3 is 2.58 bits per heavy atom. The normalized spacial score (nSPS) is 16.0. The van der Waals surface area contributed by atoms with E-state index in [1.165, 1.54) is 36.8 Å². The first-order valence-electron chi connectivity index (χ1n) is 11.4. The summed E-state index contributed by atoms with van der Waals surface area (Å²) in [6.45, 7) is 6.36. The Bertz CT molecular complexity index is 912. The van der Waals surface area contributed by atoms with Gasteiger partial charge in [0, 0.05) is 17.8 Å². The summed E-state index contributed by atoms with van der Waals surface area (Å²) < 4.78 is 0. The topological polar surface area (TPSA) is 49.4 Å². The molecule has 1 saturated heterocycles. The van der Waals surface area contributed by atoms with Crippen molar-refractivity contribution >= 4 is 35.0 Å². The number of unbranched alkanes of at least 4 members (excludes halogenated alkanes) is 5. The summed E-state index contributed by atoms with van der Waals surface area (Å²) in [5.74, 6) is 0.649. The second-order valence-corrected chi connectivity index (χ2v) is 9.46. The van der Waals surface area contributed by atoms with Crippen LogP contribution in [0.3, 0.4) is 0 Å². The third-order valence-corrected chi connectivity index (χ3v) is 7.06. The molecule has 4 nitrogen and oxygen atoms in total. The second kappa shape index (κ2) is 11.4. The number of rotatable bonds is 10. The Hall–Kier alpha value is -2.27. The third-order valence-electron chi connectivity index (χ3n) is 5.85. The van der Waals surface area contributed by atoms with E-state index in [1.807, 2.05) is 35.2 Å². The fraction of sp³-hybridized carbons (Fsp3) is 0.462. The van der Waals surface area contributed by atoms with E-state index in [0.29, 0.717) is 12.2 Å². The molecule has 3 rings (SSSR count). The number of nitrogens with one attached hydrogen (secondary N) is 1. The molecule has 2 amide bonds. The minimum Gasteiger partial charge on any atom is -0.326 e. The molecule has 1 fully saturated rings. The monoisotopic (exact) mass is 438 g/mol. The third kappa shape index (κ3) is 6.36. The van der Waals surface area contributed by atoms with Gasteiger partial charge in [-0.3, -0.25) is 14.5 Å². The molecule has 0 spiro atoms. The van der Waals surface area contributed by atoms with Crippen LogP contribution in [0.1, 0.15) is 73.9 Å². The Kier molecular flexibility index (Phi) is 8.59. The standard InChI is InChI=1S/C26H34N2O2S/c1-4-5-6-7-8-9-13-24(29)27-22-12-10-11-21(17-22)26-28(25(30)18-31-26)23-15-14-19(2)20(3)16-23/h10-12,14-17,26H,4-9,13,18H2,1-3H3,(H,27,29)/t26-/m0/s1. The van der Waals surface area contributed by atoms with Crippen molar-refractivity contribution in [3.63, 3.8) is 0 Å². The van der Waals surface area contributed by atoms with E-state index in [-0.39, 0.29) is 17.2 Å². The first-order chi connectivity index (χ1) is 15.0. The number of hydrogen-bond donors (Lipinski definition) is 1. The molecular weight excluding hydrogens is 404 g/mol. The highest BCUT2D eigenvalue weighted by Crippen LogP contribution is 2.42. The van der Waals surface area contributed by atoms with Crippen molar-refractivity contribution in [2.45, 2.75) is 71.1 Å². The predicted molar refractivity (Wildman–Crippen MR) is 132 cm³/mol. The molecule has 0 unspecified atom stereocenters. The summed E-state index contributed by atoms with van der Waals surface area (Å²) in [6.07, 6.45) is 7.58. The maximum absolute atomic E-state index is 12.7. The van der Waals surface area contributed by atoms with Crippen LogP contribution in [-0.4, -0.2) is 17.6 Å². The van der Waals surface area contributed by atoms with Gasteiger partial charge >= 0.3 is 0 Å². The molecule has 2 aromatic carbocycles. The van der Waals surface area contributed by atoms with E-state index >= 15 is 0 Å². The summed E-state index contributed by atoms with van der Waals surface area (Å²) in [6, 6.07) is 14.1. The molecule has 0 saturated carbocycles. The van der Waals surface area contributed by atoms with E-state index in [9.17, 15) is 9.59 Å². The van der Waals surface area contributed by atoms with Gasteiger partial charge in [-0.15, -0.1) is 11.8 Å². The number of thioether (sulfide) groups is 1. The van der Waals surface area contributed by atoms with Gasteiger partial charge in [-0.05, 0) is 61.2 Å². The number of carbonyl (C=O) groups excluding carboxylic acids is 2. The fourth-order valence-corrected chi connectivity index (χ4v) is 5.05. The fourth-order valence-electron chi connectivity index (χ4n) is 3.88. The highest BCUT2D eigenvalue weighted by atomic mass is 32.2. The Morgan fingerprint density at radius 1 is 1.03 bits per heavy atom. The maximum Gasteiger partial charge on any atom is 0.238 e. The molecule has 2 aromatic rings. The lowest BCUT2D eigenvalue weighted by molar-refractivity contribution is -0.117. The highest BCUT2D eigenvalue weighted by molar-refractivity contribution is 8.00. The molecule has 166 valence electrons. The lowest BCUT2D eigenvalue weighted by Gasteiger charge is -2.25. The van der Waals surface area contributed by atoms with Crippen molar-refractivity contribution in [3.8, 4) is 0 Å². The van der Waals surface area contributed by atoms with Crippen molar-refractivity contribution in [1.29, 1.82) is 0 Å². The van der Waals surface area contributed by atoms with Gasteiger partial charge in [0.1, 0.15) is 5.37 Å². The SMILES string of the molecule is CCCCCCCCC(=O)Nc1cccc([C@@H]2SCC(=O)N2c2ccc(C)c(C)c2)c1. The minimum atomic E-state index is -0.0787. The number of amides is 2. The van der Waals surface area contributed by atoms with E-state index in [0.717, 1.165) is 29.8 Å². The predicted octanol–water partition coefficient (Wildman–Crippen LogP) is 6.77. The second-order valence-electron chi connectivity index (χ2n) is 8.39. The van der Waals surface area contributed by atoms with Crippen LogP contribution in [0.5, 0.6) is 0 Å². The number of hydrogen-bond acceptors (Lipinski definition) is 3. The smallest absolute Gasteiger partial charge is 0.238 e. The molecule has 0 aromatic heterocycles. The average Bonchev–Trinajstić information content (AvgIpc) is 3.14. The molecule has 31 heavy (non-hydrogen) atoms. The van der Waals surface area contributed by atoms with Crippen LogP contribution < -0.4 is 10.2 Å². The Labute approximate surface area is 190 Å². The lowest BCUT2D eigenvalue weighted by atomic mass is 10.1. The molecule has 1 heterocycles. The zero-order valence-electron chi connectivity index (χ0n) is 18.9. The number of nitrogens with zero attached hydrogens (tertiary/aromatic N) is 1.